The third kappa shape index (κ3) is 1.13. The van der Waals surface area contributed by atoms with Gasteiger partial charge in [0.05, 0.1) is 0 Å². The fourth-order valence-corrected chi connectivity index (χ4v) is 1.11. The van der Waals surface area contributed by atoms with Crippen molar-refractivity contribution in [3.8, 4) is 0 Å². The molecule has 0 spiro atoms. The lowest BCUT2D eigenvalue weighted by Crippen LogP contribution is -1.84. The Bertz CT molecular complexity index is 245. The molecule has 1 fully saturated rings. The minimum absolute atomic E-state index is 0.528. The molecule has 3 heteroatoms. The van der Waals surface area contributed by atoms with Crippen LogP contribution >= 0.6 is 11.6 Å². The van der Waals surface area contributed by atoms with Crippen LogP contribution in [0.5, 0.6) is 0 Å². The first-order valence-corrected chi connectivity index (χ1v) is 3.59. The van der Waals surface area contributed by atoms with E-state index in [2.05, 4.69) is 10.3 Å². The van der Waals surface area contributed by atoms with Crippen molar-refractivity contribution in [3.63, 3.8) is 0 Å². The standard InChI is InChI=1S/C7H7ClN2/c8-7-3-5(1-2-9-7)6-4-10-6/h1-3,6,10H,4H2. The van der Waals surface area contributed by atoms with Gasteiger partial charge in [0.25, 0.3) is 0 Å². The molecule has 1 aliphatic heterocycles. The summed E-state index contributed by atoms with van der Waals surface area (Å²) in [5.74, 6) is 0. The van der Waals surface area contributed by atoms with Gasteiger partial charge in [0, 0.05) is 18.8 Å². The molecule has 1 saturated heterocycles. The lowest BCUT2D eigenvalue weighted by molar-refractivity contribution is 1.06. The first-order valence-electron chi connectivity index (χ1n) is 3.21. The molecular weight excluding hydrogens is 148 g/mol. The summed E-state index contributed by atoms with van der Waals surface area (Å²) in [6.45, 7) is 1.07. The number of hydrogen-bond acceptors (Lipinski definition) is 2. The highest BCUT2D eigenvalue weighted by Gasteiger charge is 2.21. The zero-order valence-electron chi connectivity index (χ0n) is 5.34. The highest BCUT2D eigenvalue weighted by molar-refractivity contribution is 6.29. The SMILES string of the molecule is Clc1cc(C2CN2)ccn1. The van der Waals surface area contributed by atoms with Gasteiger partial charge in [-0.2, -0.15) is 0 Å². The fourth-order valence-electron chi connectivity index (χ4n) is 0.929. The summed E-state index contributed by atoms with van der Waals surface area (Å²) < 4.78 is 0. The predicted molar refractivity (Wildman–Crippen MR) is 40.0 cm³/mol. The van der Waals surface area contributed by atoms with Crippen molar-refractivity contribution in [1.29, 1.82) is 0 Å². The summed E-state index contributed by atoms with van der Waals surface area (Å²) in [7, 11) is 0. The van der Waals surface area contributed by atoms with E-state index in [1.165, 1.54) is 5.56 Å². The zero-order chi connectivity index (χ0) is 6.97. The maximum absolute atomic E-state index is 5.68. The molecule has 52 valence electrons. The Kier molecular flexibility index (Phi) is 1.36. The number of nitrogens with one attached hydrogen (secondary N) is 1. The number of hydrogen-bond donors (Lipinski definition) is 1. The van der Waals surface area contributed by atoms with Crippen LogP contribution in [0.15, 0.2) is 18.3 Å². The summed E-state index contributed by atoms with van der Waals surface area (Å²) in [6.07, 6.45) is 1.73. The van der Waals surface area contributed by atoms with E-state index in [0.29, 0.717) is 11.2 Å². The second kappa shape index (κ2) is 2.22. The summed E-state index contributed by atoms with van der Waals surface area (Å²) >= 11 is 5.68. The van der Waals surface area contributed by atoms with E-state index < -0.39 is 0 Å². The molecular formula is C7H7ClN2. The molecule has 2 heterocycles. The van der Waals surface area contributed by atoms with Crippen molar-refractivity contribution in [2.24, 2.45) is 0 Å². The minimum Gasteiger partial charge on any atom is -0.307 e. The van der Waals surface area contributed by atoms with E-state index in [0.717, 1.165) is 6.54 Å². The van der Waals surface area contributed by atoms with Gasteiger partial charge in [0.1, 0.15) is 5.15 Å². The molecule has 1 aromatic rings. The molecule has 0 amide bonds. The van der Waals surface area contributed by atoms with Crippen LogP contribution in [0.2, 0.25) is 5.15 Å². The topological polar surface area (TPSA) is 34.8 Å². The molecule has 1 aliphatic rings. The van der Waals surface area contributed by atoms with Gasteiger partial charge in [-0.25, -0.2) is 4.98 Å². The summed E-state index contributed by atoms with van der Waals surface area (Å²) in [5.41, 5.74) is 1.24. The normalized spacial score (nSPS) is 22.7. The van der Waals surface area contributed by atoms with Crippen molar-refractivity contribution >= 4 is 11.6 Å². The van der Waals surface area contributed by atoms with Crippen LogP contribution in [0.1, 0.15) is 11.6 Å². The van der Waals surface area contributed by atoms with Crippen LogP contribution in [0.25, 0.3) is 0 Å². The Labute approximate surface area is 64.2 Å². The Hall–Kier alpha value is -0.600. The monoisotopic (exact) mass is 154 g/mol. The van der Waals surface area contributed by atoms with E-state index in [9.17, 15) is 0 Å². The largest absolute Gasteiger partial charge is 0.307 e. The molecule has 1 aromatic heterocycles. The molecule has 0 saturated carbocycles. The second-order valence-corrected chi connectivity index (χ2v) is 2.76. The first kappa shape index (κ1) is 6.13. The number of nitrogens with zero attached hydrogens (tertiary/aromatic N) is 1. The van der Waals surface area contributed by atoms with Gasteiger partial charge in [-0.3, -0.25) is 0 Å². The van der Waals surface area contributed by atoms with E-state index in [4.69, 9.17) is 11.6 Å². The maximum Gasteiger partial charge on any atom is 0.129 e. The smallest absolute Gasteiger partial charge is 0.129 e. The molecule has 10 heavy (non-hydrogen) atoms. The minimum atomic E-state index is 0.528. The lowest BCUT2D eigenvalue weighted by atomic mass is 10.2. The van der Waals surface area contributed by atoms with Gasteiger partial charge in [-0.15, -0.1) is 0 Å². The molecule has 1 unspecified atom stereocenters. The van der Waals surface area contributed by atoms with Gasteiger partial charge in [0.2, 0.25) is 0 Å². The third-order valence-electron chi connectivity index (χ3n) is 1.56. The Morgan fingerprint density at radius 1 is 1.70 bits per heavy atom. The quantitative estimate of drug-likeness (QED) is 0.490. The molecule has 0 radical (unpaired) electrons. The highest BCUT2D eigenvalue weighted by atomic mass is 35.5. The van der Waals surface area contributed by atoms with Crippen LogP contribution in [-0.4, -0.2) is 11.5 Å². The number of pyridine rings is 1. The number of aromatic nitrogens is 1. The van der Waals surface area contributed by atoms with E-state index in [-0.39, 0.29) is 0 Å². The van der Waals surface area contributed by atoms with Crippen molar-refractivity contribution in [2.75, 3.05) is 6.54 Å². The van der Waals surface area contributed by atoms with Crippen LogP contribution in [-0.2, 0) is 0 Å². The lowest BCUT2D eigenvalue weighted by Gasteiger charge is -1.94. The van der Waals surface area contributed by atoms with E-state index in [1.807, 2.05) is 12.1 Å². The van der Waals surface area contributed by atoms with Gasteiger partial charge < -0.3 is 5.32 Å². The van der Waals surface area contributed by atoms with Crippen LogP contribution in [0, 0.1) is 0 Å². The third-order valence-corrected chi connectivity index (χ3v) is 1.77. The molecule has 2 nitrogen and oxygen atoms in total. The molecule has 1 N–H and O–H groups in total. The average Bonchev–Trinajstić information content (AvgIpc) is 2.68. The molecule has 2 rings (SSSR count). The first-order chi connectivity index (χ1) is 4.86. The predicted octanol–water partition coefficient (Wildman–Crippen LogP) is 1.38. The molecule has 0 aliphatic carbocycles. The van der Waals surface area contributed by atoms with Crippen molar-refractivity contribution in [2.45, 2.75) is 6.04 Å². The van der Waals surface area contributed by atoms with E-state index in [1.54, 1.807) is 6.20 Å². The molecule has 1 atom stereocenters. The summed E-state index contributed by atoms with van der Waals surface area (Å²) in [6, 6.07) is 4.41. The van der Waals surface area contributed by atoms with Crippen LogP contribution in [0.3, 0.4) is 0 Å². The average molecular weight is 155 g/mol. The molecule has 0 bridgehead atoms. The molecule has 0 aromatic carbocycles. The highest BCUT2D eigenvalue weighted by Crippen LogP contribution is 2.22. The van der Waals surface area contributed by atoms with Gasteiger partial charge in [-0.05, 0) is 17.7 Å². The maximum atomic E-state index is 5.68. The number of halogens is 1. The van der Waals surface area contributed by atoms with Gasteiger partial charge in [-0.1, -0.05) is 11.6 Å². The van der Waals surface area contributed by atoms with Gasteiger partial charge in [0.15, 0.2) is 0 Å². The van der Waals surface area contributed by atoms with Crippen molar-refractivity contribution < 1.29 is 0 Å². The van der Waals surface area contributed by atoms with Crippen molar-refractivity contribution in [1.82, 2.24) is 10.3 Å². The Morgan fingerprint density at radius 3 is 3.10 bits per heavy atom. The number of rotatable bonds is 1. The Morgan fingerprint density at radius 2 is 2.50 bits per heavy atom. The van der Waals surface area contributed by atoms with Crippen LogP contribution < -0.4 is 5.32 Å². The van der Waals surface area contributed by atoms with Gasteiger partial charge >= 0.3 is 0 Å². The zero-order valence-corrected chi connectivity index (χ0v) is 6.10. The van der Waals surface area contributed by atoms with E-state index >= 15 is 0 Å². The van der Waals surface area contributed by atoms with Crippen LogP contribution in [0.4, 0.5) is 0 Å². The van der Waals surface area contributed by atoms with Crippen molar-refractivity contribution in [3.05, 3.63) is 29.0 Å². The Balaban J connectivity index is 2.32. The summed E-state index contributed by atoms with van der Waals surface area (Å²) in [4.78, 5) is 3.89. The second-order valence-electron chi connectivity index (χ2n) is 2.37. The fraction of sp³-hybridized carbons (Fsp3) is 0.286. The summed E-state index contributed by atoms with van der Waals surface area (Å²) in [5, 5.41) is 3.77.